The highest BCUT2D eigenvalue weighted by atomic mass is 16.6. The maximum absolute atomic E-state index is 12.2. The number of guanidine groups is 1. The Balaban J connectivity index is 1.92. The number of likely N-dealkylation sites (tertiary alicyclic amines) is 1. The van der Waals surface area contributed by atoms with E-state index in [1.807, 2.05) is 12.1 Å². The lowest BCUT2D eigenvalue weighted by Gasteiger charge is -2.31. The molecule has 194 valence electrons. The lowest BCUT2D eigenvalue weighted by Crippen LogP contribution is -2.47. The van der Waals surface area contributed by atoms with Crippen molar-refractivity contribution in [1.29, 1.82) is 0 Å². The van der Waals surface area contributed by atoms with Gasteiger partial charge in [0.25, 0.3) is 0 Å². The van der Waals surface area contributed by atoms with Crippen LogP contribution in [-0.4, -0.2) is 65.0 Å². The molecular formula is C25H38N4O6. The molecule has 0 radical (unpaired) electrons. The van der Waals surface area contributed by atoms with Crippen molar-refractivity contribution >= 4 is 24.1 Å². The second-order valence-corrected chi connectivity index (χ2v) is 10.7. The van der Waals surface area contributed by atoms with Gasteiger partial charge in [0, 0.05) is 13.1 Å². The Morgan fingerprint density at radius 1 is 0.943 bits per heavy atom. The van der Waals surface area contributed by atoms with E-state index in [1.165, 1.54) is 0 Å². The molecule has 0 bridgehead atoms. The highest BCUT2D eigenvalue weighted by molar-refractivity contribution is 6.01. The highest BCUT2D eigenvalue weighted by Crippen LogP contribution is 2.20. The van der Waals surface area contributed by atoms with E-state index >= 15 is 0 Å². The number of piperidine rings is 1. The maximum Gasteiger partial charge on any atom is 0.414 e. The van der Waals surface area contributed by atoms with Crippen LogP contribution in [0.1, 0.15) is 70.3 Å². The largest absolute Gasteiger partial charge is 0.478 e. The van der Waals surface area contributed by atoms with E-state index in [4.69, 9.17) is 14.6 Å². The summed E-state index contributed by atoms with van der Waals surface area (Å²) < 4.78 is 10.5. The molecule has 1 saturated heterocycles. The molecule has 0 saturated carbocycles. The van der Waals surface area contributed by atoms with Crippen molar-refractivity contribution in [3.8, 4) is 0 Å². The number of rotatable bonds is 5. The first-order chi connectivity index (χ1) is 16.2. The number of nitrogens with one attached hydrogen (secondary N) is 2. The van der Waals surface area contributed by atoms with E-state index < -0.39 is 29.4 Å². The Labute approximate surface area is 207 Å². The molecule has 10 nitrogen and oxygen atoms in total. The first-order valence-electron chi connectivity index (χ1n) is 11.8. The third-order valence-corrected chi connectivity index (χ3v) is 5.06. The SMILES string of the molecule is CC(C)(C)OC(=O)NC(=NCC1CCN(Cc2ccc(C(=O)O)cc2)CC1)NC(=O)OC(C)(C)C. The van der Waals surface area contributed by atoms with Crippen LogP contribution in [0.25, 0.3) is 0 Å². The lowest BCUT2D eigenvalue weighted by molar-refractivity contribution is 0.0543. The zero-order valence-corrected chi connectivity index (χ0v) is 21.5. The Kier molecular flexibility index (Phi) is 9.64. The van der Waals surface area contributed by atoms with Crippen LogP contribution in [0.4, 0.5) is 9.59 Å². The molecule has 35 heavy (non-hydrogen) atoms. The van der Waals surface area contributed by atoms with Gasteiger partial charge in [0.2, 0.25) is 5.96 Å². The van der Waals surface area contributed by atoms with Crippen molar-refractivity contribution in [3.05, 3.63) is 35.4 Å². The van der Waals surface area contributed by atoms with Gasteiger partial charge in [-0.25, -0.2) is 14.4 Å². The van der Waals surface area contributed by atoms with Crippen molar-refractivity contribution in [1.82, 2.24) is 15.5 Å². The quantitative estimate of drug-likeness (QED) is 0.420. The number of carbonyl (C=O) groups is 3. The first-order valence-corrected chi connectivity index (χ1v) is 11.8. The van der Waals surface area contributed by atoms with Crippen molar-refractivity contribution in [2.75, 3.05) is 19.6 Å². The standard InChI is InChI=1S/C25H38N4O6/c1-24(2,3)34-22(32)27-21(28-23(33)35-25(4,5)6)26-15-17-11-13-29(14-12-17)16-18-7-9-19(10-8-18)20(30)31/h7-10,17H,11-16H2,1-6H3,(H,30,31)(H2,26,27,28,32,33). The molecule has 0 spiro atoms. The van der Waals surface area contributed by atoms with Gasteiger partial charge >= 0.3 is 18.2 Å². The Morgan fingerprint density at radius 2 is 1.43 bits per heavy atom. The van der Waals surface area contributed by atoms with Crippen molar-refractivity contribution < 1.29 is 29.0 Å². The normalized spacial score (nSPS) is 15.1. The van der Waals surface area contributed by atoms with Gasteiger partial charge in [-0.3, -0.25) is 20.5 Å². The second kappa shape index (κ2) is 12.0. The minimum absolute atomic E-state index is 0.00514. The molecule has 1 aliphatic rings. The van der Waals surface area contributed by atoms with Gasteiger partial charge in [0.05, 0.1) is 5.56 Å². The maximum atomic E-state index is 12.2. The summed E-state index contributed by atoms with van der Waals surface area (Å²) in [5, 5.41) is 14.0. The molecular weight excluding hydrogens is 452 g/mol. The minimum Gasteiger partial charge on any atom is -0.478 e. The summed E-state index contributed by atoms with van der Waals surface area (Å²) in [6, 6.07) is 6.93. The zero-order valence-electron chi connectivity index (χ0n) is 21.5. The number of hydrogen-bond donors (Lipinski definition) is 3. The molecule has 0 unspecified atom stereocenters. The molecule has 2 rings (SSSR count). The number of alkyl carbamates (subject to hydrolysis) is 2. The molecule has 10 heteroatoms. The first kappa shape index (κ1) is 28.1. The monoisotopic (exact) mass is 490 g/mol. The zero-order chi connectivity index (χ0) is 26.2. The highest BCUT2D eigenvalue weighted by Gasteiger charge is 2.23. The molecule has 1 fully saturated rings. The summed E-state index contributed by atoms with van der Waals surface area (Å²) in [7, 11) is 0. The number of nitrogens with zero attached hydrogens (tertiary/aromatic N) is 2. The second-order valence-electron chi connectivity index (χ2n) is 10.7. The van der Waals surface area contributed by atoms with E-state index in [9.17, 15) is 14.4 Å². The summed E-state index contributed by atoms with van der Waals surface area (Å²) in [4.78, 5) is 42.2. The number of aliphatic imine (C=N–C) groups is 1. The van der Waals surface area contributed by atoms with Crippen LogP contribution in [0.3, 0.4) is 0 Å². The van der Waals surface area contributed by atoms with Gasteiger partial charge in [-0.15, -0.1) is 0 Å². The fourth-order valence-electron chi connectivity index (χ4n) is 3.47. The summed E-state index contributed by atoms with van der Waals surface area (Å²) in [5.74, 6) is -0.648. The number of hydrogen-bond acceptors (Lipinski definition) is 7. The average molecular weight is 491 g/mol. The Bertz CT molecular complexity index is 875. The molecule has 0 atom stereocenters. The summed E-state index contributed by atoms with van der Waals surface area (Å²) >= 11 is 0. The van der Waals surface area contributed by atoms with Gasteiger partial charge in [0.1, 0.15) is 11.2 Å². The summed E-state index contributed by atoms with van der Waals surface area (Å²) in [6.07, 6.45) is 0.387. The number of carboxylic acid groups (broad SMARTS) is 1. The van der Waals surface area contributed by atoms with Gasteiger partial charge in [-0.2, -0.15) is 0 Å². The number of carboxylic acids is 1. The lowest BCUT2D eigenvalue weighted by atomic mass is 9.96. The van der Waals surface area contributed by atoms with Gasteiger partial charge in [-0.05, 0) is 91.1 Å². The van der Waals surface area contributed by atoms with E-state index in [0.717, 1.165) is 38.0 Å². The molecule has 2 amide bonds. The predicted molar refractivity (Wildman–Crippen MR) is 132 cm³/mol. The Morgan fingerprint density at radius 3 is 1.86 bits per heavy atom. The van der Waals surface area contributed by atoms with Crippen LogP contribution >= 0.6 is 0 Å². The van der Waals surface area contributed by atoms with E-state index in [0.29, 0.717) is 6.54 Å². The molecule has 0 aliphatic carbocycles. The van der Waals surface area contributed by atoms with Crippen LogP contribution in [0.5, 0.6) is 0 Å². The van der Waals surface area contributed by atoms with Crippen molar-refractivity contribution in [2.45, 2.75) is 72.1 Å². The molecule has 1 heterocycles. The van der Waals surface area contributed by atoms with E-state index in [2.05, 4.69) is 20.5 Å². The number of ether oxygens (including phenoxy) is 2. The van der Waals surface area contributed by atoms with Crippen LogP contribution in [0.15, 0.2) is 29.3 Å². The van der Waals surface area contributed by atoms with E-state index in [1.54, 1.807) is 53.7 Å². The summed E-state index contributed by atoms with van der Waals surface area (Å²) in [5.41, 5.74) is -0.0398. The van der Waals surface area contributed by atoms with Gasteiger partial charge < -0.3 is 14.6 Å². The van der Waals surface area contributed by atoms with Gasteiger partial charge in [-0.1, -0.05) is 12.1 Å². The number of benzene rings is 1. The topological polar surface area (TPSA) is 130 Å². The van der Waals surface area contributed by atoms with Crippen molar-refractivity contribution in [2.24, 2.45) is 10.9 Å². The molecule has 1 aliphatic heterocycles. The van der Waals surface area contributed by atoms with Crippen LogP contribution in [0, 0.1) is 5.92 Å². The Hall–Kier alpha value is -3.14. The fourth-order valence-corrected chi connectivity index (χ4v) is 3.47. The molecule has 0 aromatic heterocycles. The number of carbonyl (C=O) groups excluding carboxylic acids is 2. The molecule has 3 N–H and O–H groups in total. The molecule has 1 aromatic carbocycles. The van der Waals surface area contributed by atoms with Crippen LogP contribution < -0.4 is 10.6 Å². The van der Waals surface area contributed by atoms with Crippen LogP contribution in [-0.2, 0) is 16.0 Å². The average Bonchev–Trinajstić information content (AvgIpc) is 2.70. The van der Waals surface area contributed by atoms with Crippen LogP contribution in [0.2, 0.25) is 0 Å². The molecule has 1 aromatic rings. The predicted octanol–water partition coefficient (Wildman–Crippen LogP) is 4.00. The fraction of sp³-hybridized carbons (Fsp3) is 0.600. The van der Waals surface area contributed by atoms with E-state index in [-0.39, 0.29) is 17.4 Å². The third kappa shape index (κ3) is 11.2. The van der Waals surface area contributed by atoms with Crippen molar-refractivity contribution in [3.63, 3.8) is 0 Å². The van der Waals surface area contributed by atoms with Gasteiger partial charge in [0.15, 0.2) is 0 Å². The summed E-state index contributed by atoms with van der Waals surface area (Å²) in [6.45, 7) is 13.4. The third-order valence-electron chi connectivity index (χ3n) is 5.06. The number of aromatic carboxylic acids is 1. The number of amides is 2. The minimum atomic E-state index is -0.931. The smallest absolute Gasteiger partial charge is 0.414 e.